The summed E-state index contributed by atoms with van der Waals surface area (Å²) in [7, 11) is 0. The van der Waals surface area contributed by atoms with Gasteiger partial charge in [-0.05, 0) is 12.8 Å². The van der Waals surface area contributed by atoms with Gasteiger partial charge in [0.25, 0.3) is 0 Å². The molecule has 2 nitrogen and oxygen atoms in total. The van der Waals surface area contributed by atoms with Gasteiger partial charge in [0, 0.05) is 5.92 Å². The van der Waals surface area contributed by atoms with Gasteiger partial charge in [0.2, 0.25) is 0 Å². The van der Waals surface area contributed by atoms with Crippen molar-refractivity contribution in [3.8, 4) is 0 Å². The van der Waals surface area contributed by atoms with E-state index < -0.39 is 0 Å². The van der Waals surface area contributed by atoms with Gasteiger partial charge in [0.1, 0.15) is 5.76 Å². The van der Waals surface area contributed by atoms with E-state index in [4.69, 9.17) is 4.74 Å². The Balaban J connectivity index is 2.74. The molecule has 11 heavy (non-hydrogen) atoms. The molecule has 2 unspecified atom stereocenters. The van der Waals surface area contributed by atoms with Crippen LogP contribution >= 0.6 is 0 Å². The van der Waals surface area contributed by atoms with Crippen LogP contribution in [0, 0.1) is 11.8 Å². The third kappa shape index (κ3) is 1.30. The van der Waals surface area contributed by atoms with Crippen LogP contribution in [0.25, 0.3) is 0 Å². The minimum absolute atomic E-state index is 0.0625. The fourth-order valence-electron chi connectivity index (χ4n) is 1.63. The largest absolute Gasteiger partial charge is 0.431 e. The third-order valence-corrected chi connectivity index (χ3v) is 2.31. The molecule has 1 fully saturated rings. The molecule has 62 valence electrons. The maximum atomic E-state index is 11.1. The molecule has 0 N–H and O–H groups in total. The van der Waals surface area contributed by atoms with Crippen molar-refractivity contribution in [2.45, 2.75) is 26.7 Å². The predicted molar refractivity (Wildman–Crippen MR) is 42.8 cm³/mol. The van der Waals surface area contributed by atoms with Crippen molar-refractivity contribution < 1.29 is 9.53 Å². The number of ether oxygens (including phenoxy) is 1. The van der Waals surface area contributed by atoms with Crippen LogP contribution in [0.1, 0.15) is 26.7 Å². The van der Waals surface area contributed by atoms with E-state index >= 15 is 0 Å². The van der Waals surface area contributed by atoms with Gasteiger partial charge in [-0.25, -0.2) is 0 Å². The molecule has 1 rings (SSSR count). The monoisotopic (exact) mass is 154 g/mol. The van der Waals surface area contributed by atoms with E-state index in [-0.39, 0.29) is 17.8 Å². The van der Waals surface area contributed by atoms with E-state index in [1.54, 1.807) is 0 Å². The minimum Gasteiger partial charge on any atom is -0.431 e. The van der Waals surface area contributed by atoms with Crippen LogP contribution in [-0.2, 0) is 9.53 Å². The SMILES string of the molecule is C=C1OC(=O)C(CC)C1CC. The summed E-state index contributed by atoms with van der Waals surface area (Å²) in [4.78, 5) is 11.1. The Hall–Kier alpha value is -0.790. The summed E-state index contributed by atoms with van der Waals surface area (Å²) >= 11 is 0. The molecule has 0 saturated carbocycles. The molecule has 0 aromatic rings. The first-order valence-electron chi connectivity index (χ1n) is 4.11. The van der Waals surface area contributed by atoms with Crippen LogP contribution in [0.15, 0.2) is 12.3 Å². The molecule has 0 aromatic heterocycles. The molecule has 2 heteroatoms. The number of carbonyl (C=O) groups is 1. The van der Waals surface area contributed by atoms with E-state index in [0.29, 0.717) is 5.76 Å². The highest BCUT2D eigenvalue weighted by atomic mass is 16.5. The van der Waals surface area contributed by atoms with Gasteiger partial charge >= 0.3 is 5.97 Å². The van der Waals surface area contributed by atoms with Crippen molar-refractivity contribution >= 4 is 5.97 Å². The Labute approximate surface area is 67.2 Å². The Morgan fingerprint density at radius 1 is 1.36 bits per heavy atom. The van der Waals surface area contributed by atoms with Gasteiger partial charge in [-0.1, -0.05) is 20.4 Å². The highest BCUT2D eigenvalue weighted by molar-refractivity contribution is 5.77. The van der Waals surface area contributed by atoms with Crippen LogP contribution in [-0.4, -0.2) is 5.97 Å². The van der Waals surface area contributed by atoms with Crippen LogP contribution < -0.4 is 0 Å². The second kappa shape index (κ2) is 3.07. The minimum atomic E-state index is -0.0932. The molecular formula is C9H14O2. The summed E-state index contributed by atoms with van der Waals surface area (Å²) in [5.41, 5.74) is 0. The topological polar surface area (TPSA) is 26.3 Å². The van der Waals surface area contributed by atoms with Gasteiger partial charge < -0.3 is 4.74 Å². The molecule has 1 aliphatic heterocycles. The van der Waals surface area contributed by atoms with E-state index in [9.17, 15) is 4.79 Å². The van der Waals surface area contributed by atoms with Crippen LogP contribution in [0.5, 0.6) is 0 Å². The lowest BCUT2D eigenvalue weighted by molar-refractivity contribution is -0.139. The van der Waals surface area contributed by atoms with Crippen LogP contribution in [0.3, 0.4) is 0 Å². The Morgan fingerprint density at radius 3 is 2.27 bits per heavy atom. The molecule has 0 aliphatic carbocycles. The van der Waals surface area contributed by atoms with Gasteiger partial charge in [0.05, 0.1) is 5.92 Å². The number of allylic oxidation sites excluding steroid dienone is 1. The number of carbonyl (C=O) groups excluding carboxylic acids is 1. The molecular weight excluding hydrogens is 140 g/mol. The lowest BCUT2D eigenvalue weighted by Crippen LogP contribution is -2.13. The van der Waals surface area contributed by atoms with E-state index in [0.717, 1.165) is 12.8 Å². The quantitative estimate of drug-likeness (QED) is 0.569. The number of esters is 1. The second-order valence-corrected chi connectivity index (χ2v) is 2.92. The Bertz CT molecular complexity index is 164. The lowest BCUT2D eigenvalue weighted by atomic mass is 9.89. The summed E-state index contributed by atoms with van der Waals surface area (Å²) in [5.74, 6) is 0.883. The summed E-state index contributed by atoms with van der Waals surface area (Å²) in [5, 5.41) is 0. The molecule has 0 bridgehead atoms. The molecule has 2 atom stereocenters. The number of rotatable bonds is 2. The number of hydrogen-bond acceptors (Lipinski definition) is 2. The highest BCUT2D eigenvalue weighted by Gasteiger charge is 2.37. The lowest BCUT2D eigenvalue weighted by Gasteiger charge is -2.09. The van der Waals surface area contributed by atoms with Crippen molar-refractivity contribution in [1.82, 2.24) is 0 Å². The standard InChI is InChI=1S/C9H14O2/c1-4-7-6(3)11-9(10)8(7)5-2/h7-8H,3-5H2,1-2H3. The molecule has 0 spiro atoms. The van der Waals surface area contributed by atoms with Gasteiger partial charge in [0.15, 0.2) is 0 Å². The average Bonchev–Trinajstić information content (AvgIpc) is 2.24. The Morgan fingerprint density at radius 2 is 1.91 bits per heavy atom. The number of hydrogen-bond donors (Lipinski definition) is 0. The zero-order chi connectivity index (χ0) is 8.43. The summed E-state index contributed by atoms with van der Waals surface area (Å²) in [6.45, 7) is 7.78. The van der Waals surface area contributed by atoms with Gasteiger partial charge in [-0.15, -0.1) is 0 Å². The molecule has 1 saturated heterocycles. The first kappa shape index (κ1) is 8.31. The van der Waals surface area contributed by atoms with Crippen molar-refractivity contribution in [3.63, 3.8) is 0 Å². The van der Waals surface area contributed by atoms with Crippen molar-refractivity contribution in [3.05, 3.63) is 12.3 Å². The van der Waals surface area contributed by atoms with Crippen molar-refractivity contribution in [1.29, 1.82) is 0 Å². The second-order valence-electron chi connectivity index (χ2n) is 2.92. The summed E-state index contributed by atoms with van der Waals surface area (Å²) < 4.78 is 4.93. The van der Waals surface area contributed by atoms with E-state index in [2.05, 4.69) is 13.5 Å². The first-order chi connectivity index (χ1) is 5.20. The summed E-state index contributed by atoms with van der Waals surface area (Å²) in [6.07, 6.45) is 1.81. The smallest absolute Gasteiger partial charge is 0.314 e. The molecule has 1 heterocycles. The summed E-state index contributed by atoms with van der Waals surface area (Å²) in [6, 6.07) is 0. The van der Waals surface area contributed by atoms with Crippen LogP contribution in [0.2, 0.25) is 0 Å². The fourth-order valence-corrected chi connectivity index (χ4v) is 1.63. The predicted octanol–water partition coefficient (Wildman–Crippen LogP) is 2.11. The van der Waals surface area contributed by atoms with E-state index in [1.165, 1.54) is 0 Å². The van der Waals surface area contributed by atoms with E-state index in [1.807, 2.05) is 6.92 Å². The molecule has 0 aromatic carbocycles. The zero-order valence-electron chi connectivity index (χ0n) is 7.09. The fraction of sp³-hybridized carbons (Fsp3) is 0.667. The average molecular weight is 154 g/mol. The zero-order valence-corrected chi connectivity index (χ0v) is 7.09. The van der Waals surface area contributed by atoms with Crippen molar-refractivity contribution in [2.24, 2.45) is 11.8 Å². The molecule has 1 aliphatic rings. The van der Waals surface area contributed by atoms with Crippen LogP contribution in [0.4, 0.5) is 0 Å². The molecule has 0 radical (unpaired) electrons. The third-order valence-electron chi connectivity index (χ3n) is 2.31. The van der Waals surface area contributed by atoms with Crippen molar-refractivity contribution in [2.75, 3.05) is 0 Å². The maximum absolute atomic E-state index is 11.1. The Kier molecular flexibility index (Phi) is 2.32. The normalized spacial score (nSPS) is 30.7. The highest BCUT2D eigenvalue weighted by Crippen LogP contribution is 2.34. The number of cyclic esters (lactones) is 1. The van der Waals surface area contributed by atoms with Gasteiger partial charge in [-0.3, -0.25) is 4.79 Å². The van der Waals surface area contributed by atoms with Gasteiger partial charge in [-0.2, -0.15) is 0 Å². The first-order valence-corrected chi connectivity index (χ1v) is 4.11. The molecule has 0 amide bonds. The maximum Gasteiger partial charge on any atom is 0.314 e.